The summed E-state index contributed by atoms with van der Waals surface area (Å²) in [6.07, 6.45) is 7.32. The molecule has 3 fully saturated rings. The lowest BCUT2D eigenvalue weighted by atomic mass is 9.45. The van der Waals surface area contributed by atoms with Crippen molar-refractivity contribution in [1.29, 1.82) is 0 Å². The first-order valence-corrected chi connectivity index (χ1v) is 16.1. The van der Waals surface area contributed by atoms with Crippen molar-refractivity contribution in [1.82, 2.24) is 9.78 Å². The van der Waals surface area contributed by atoms with Crippen molar-refractivity contribution >= 4 is 34.9 Å². The molecule has 3 saturated carbocycles. The fraction of sp³-hybridized carbons (Fsp3) is 0.576. The predicted octanol–water partition coefficient (Wildman–Crippen LogP) is 5.29. The first-order valence-electron chi connectivity index (χ1n) is 15.1. The number of nitrogens with zero attached hydrogens (tertiary/aromatic N) is 2. The van der Waals surface area contributed by atoms with Crippen LogP contribution in [0.5, 0.6) is 0 Å². The lowest BCUT2D eigenvalue weighted by molar-refractivity contribution is -0.196. The molecule has 43 heavy (non-hydrogen) atoms. The lowest BCUT2D eigenvalue weighted by Crippen LogP contribution is -2.62. The molecule has 8 nitrogen and oxygen atoms in total. The van der Waals surface area contributed by atoms with E-state index in [9.17, 15) is 23.9 Å². The van der Waals surface area contributed by atoms with E-state index in [2.05, 4.69) is 18.1 Å². The highest BCUT2D eigenvalue weighted by molar-refractivity contribution is 8.14. The number of halogens is 1. The van der Waals surface area contributed by atoms with E-state index in [0.29, 0.717) is 19.3 Å². The highest BCUT2D eigenvalue weighted by Gasteiger charge is 2.70. The van der Waals surface area contributed by atoms with Crippen LogP contribution in [0.1, 0.15) is 70.6 Å². The molecule has 2 unspecified atom stereocenters. The van der Waals surface area contributed by atoms with Gasteiger partial charge < -0.3 is 14.6 Å². The molecule has 0 spiro atoms. The quantitative estimate of drug-likeness (QED) is 0.440. The van der Waals surface area contributed by atoms with Gasteiger partial charge in [-0.05, 0) is 97.6 Å². The summed E-state index contributed by atoms with van der Waals surface area (Å²) < 4.78 is 26.3. The zero-order chi connectivity index (χ0) is 30.7. The first kappa shape index (κ1) is 30.1. The Hall–Kier alpha value is -2.98. The average molecular weight is 611 g/mol. The van der Waals surface area contributed by atoms with Gasteiger partial charge in [-0.2, -0.15) is 5.10 Å². The summed E-state index contributed by atoms with van der Waals surface area (Å²) in [7, 11) is 1.28. The zero-order valence-corrected chi connectivity index (χ0v) is 25.9. The van der Waals surface area contributed by atoms with Gasteiger partial charge in [0.2, 0.25) is 5.12 Å². The summed E-state index contributed by atoms with van der Waals surface area (Å²) in [5, 5.41) is 16.3. The van der Waals surface area contributed by atoms with Crippen LogP contribution in [-0.2, 0) is 30.3 Å². The third kappa shape index (κ3) is 4.58. The molecule has 6 rings (SSSR count). The van der Waals surface area contributed by atoms with E-state index < -0.39 is 29.1 Å². The number of aromatic nitrogens is 2. The number of ether oxygens (including phenoxy) is 2. The summed E-state index contributed by atoms with van der Waals surface area (Å²) in [5.41, 5.74) is 1.66. The molecule has 1 aromatic heterocycles. The highest BCUT2D eigenvalue weighted by Crippen LogP contribution is 2.68. The maximum Gasteiger partial charge on any atom is 0.316 e. The Morgan fingerprint density at radius 3 is 2.60 bits per heavy atom. The molecular weight excluding hydrogens is 571 g/mol. The Bertz CT molecular complexity index is 1490. The molecule has 10 heteroatoms. The third-order valence-electron chi connectivity index (χ3n) is 11.1. The van der Waals surface area contributed by atoms with Crippen molar-refractivity contribution in [3.63, 3.8) is 0 Å². The zero-order valence-electron chi connectivity index (χ0n) is 25.1. The lowest BCUT2D eigenvalue weighted by Gasteiger charge is -2.60. The number of hydrogen-bond donors (Lipinski definition) is 1. The maximum atomic E-state index is 13.9. The van der Waals surface area contributed by atoms with Crippen molar-refractivity contribution in [2.45, 2.75) is 77.4 Å². The van der Waals surface area contributed by atoms with E-state index >= 15 is 0 Å². The maximum absolute atomic E-state index is 13.9. The molecule has 4 aliphatic carbocycles. The minimum Gasteiger partial charge on any atom is -0.468 e. The van der Waals surface area contributed by atoms with Gasteiger partial charge in [-0.15, -0.1) is 0 Å². The number of carbonyl (C=O) groups is 3. The number of aliphatic hydroxyl groups excluding tert-OH is 1. The van der Waals surface area contributed by atoms with Crippen LogP contribution in [0.25, 0.3) is 11.8 Å². The van der Waals surface area contributed by atoms with Crippen molar-refractivity contribution in [3.05, 3.63) is 53.1 Å². The second-order valence-corrected chi connectivity index (χ2v) is 14.0. The molecule has 1 aromatic carbocycles. The number of methoxy groups -OCH3 is 1. The molecule has 2 aromatic rings. The number of aliphatic hydroxyl groups is 1. The Labute approximate surface area is 255 Å². The van der Waals surface area contributed by atoms with Crippen LogP contribution in [0.15, 0.2) is 36.0 Å². The summed E-state index contributed by atoms with van der Waals surface area (Å²) in [6.45, 7) is 5.95. The second kappa shape index (κ2) is 10.9. The molecular formula is C33H39FN2O6S. The van der Waals surface area contributed by atoms with E-state index in [1.165, 1.54) is 24.8 Å². The summed E-state index contributed by atoms with van der Waals surface area (Å²) in [4.78, 5) is 38.5. The molecule has 0 aliphatic heterocycles. The van der Waals surface area contributed by atoms with Gasteiger partial charge in [-0.3, -0.25) is 14.4 Å². The van der Waals surface area contributed by atoms with Crippen molar-refractivity contribution < 1.29 is 33.4 Å². The first-order chi connectivity index (χ1) is 20.5. The number of hydrogen-bond acceptors (Lipinski definition) is 8. The van der Waals surface area contributed by atoms with Crippen LogP contribution in [-0.4, -0.2) is 56.5 Å². The van der Waals surface area contributed by atoms with Crippen LogP contribution < -0.4 is 0 Å². The summed E-state index contributed by atoms with van der Waals surface area (Å²) in [6, 6.07) is 6.31. The minimum atomic E-state index is -1.41. The fourth-order valence-corrected chi connectivity index (χ4v) is 10.0. The van der Waals surface area contributed by atoms with E-state index in [0.717, 1.165) is 48.0 Å². The number of benzene rings is 1. The van der Waals surface area contributed by atoms with E-state index in [-0.39, 0.29) is 46.3 Å². The molecule has 0 radical (unpaired) electrons. The van der Waals surface area contributed by atoms with Gasteiger partial charge in [0.25, 0.3) is 0 Å². The fourth-order valence-electron chi connectivity index (χ4n) is 9.07. The molecule has 4 aliphatic rings. The molecule has 7 atom stereocenters. The Kier molecular flexibility index (Phi) is 7.60. The smallest absolute Gasteiger partial charge is 0.316 e. The monoisotopic (exact) mass is 610 g/mol. The van der Waals surface area contributed by atoms with Crippen LogP contribution >= 0.6 is 11.8 Å². The molecule has 1 heterocycles. The second-order valence-electron chi connectivity index (χ2n) is 13.1. The van der Waals surface area contributed by atoms with Crippen molar-refractivity contribution in [2.24, 2.45) is 28.6 Å². The molecule has 0 amide bonds. The summed E-state index contributed by atoms with van der Waals surface area (Å²) in [5.74, 6) is -1.27. The Balaban J connectivity index is 1.33. The number of rotatable bonds is 6. The number of allylic oxidation sites excluding steroid dienone is 1. The van der Waals surface area contributed by atoms with Crippen LogP contribution in [0.4, 0.5) is 4.39 Å². The Morgan fingerprint density at radius 2 is 1.91 bits per heavy atom. The summed E-state index contributed by atoms with van der Waals surface area (Å²) >= 11 is 0.842. The van der Waals surface area contributed by atoms with E-state index in [1.54, 1.807) is 19.1 Å². The predicted molar refractivity (Wildman–Crippen MR) is 160 cm³/mol. The molecule has 1 N–H and O–H groups in total. The molecule has 230 valence electrons. The van der Waals surface area contributed by atoms with Crippen molar-refractivity contribution in [2.75, 3.05) is 12.9 Å². The van der Waals surface area contributed by atoms with Crippen LogP contribution in [0, 0.1) is 34.4 Å². The third-order valence-corrected chi connectivity index (χ3v) is 12.0. The van der Waals surface area contributed by atoms with Gasteiger partial charge in [-0.1, -0.05) is 38.1 Å². The van der Waals surface area contributed by atoms with Gasteiger partial charge in [0.15, 0.2) is 5.60 Å². The Morgan fingerprint density at radius 1 is 1.16 bits per heavy atom. The van der Waals surface area contributed by atoms with Gasteiger partial charge in [0.1, 0.15) is 5.82 Å². The van der Waals surface area contributed by atoms with Crippen LogP contribution in [0.2, 0.25) is 0 Å². The largest absolute Gasteiger partial charge is 0.468 e. The standard InChI is InChI=1S/C33H39FN2O6S/c1-5-27(38)42-33(30(40)43-18-28(39)41-4)13-12-24-23-11-6-20-14-25-19(17-35-36(25)22-9-7-21(34)8-10-22)15-31(20,2)29(23)26(37)16-32(24,33)3/h7-10,14,17,23-24,26,29,37H,5-6,11-13,15-16,18H2,1-4H3/t23-,24?,26-,29?,31-,32-,33-/m0/s1. The highest BCUT2D eigenvalue weighted by atomic mass is 32.2. The van der Waals surface area contributed by atoms with Gasteiger partial charge in [-0.25, -0.2) is 9.07 Å². The normalized spacial score (nSPS) is 34.2. The minimum absolute atomic E-state index is 0.0385. The van der Waals surface area contributed by atoms with E-state index in [1.807, 2.05) is 17.8 Å². The number of carbonyl (C=O) groups excluding carboxylic acids is 3. The number of fused-ring (bicyclic) bond motifs is 6. The number of thioether (sulfide) groups is 1. The molecule has 0 saturated heterocycles. The van der Waals surface area contributed by atoms with Crippen molar-refractivity contribution in [3.8, 4) is 5.69 Å². The molecule has 0 bridgehead atoms. The van der Waals surface area contributed by atoms with Gasteiger partial charge >= 0.3 is 11.9 Å². The SMILES string of the molecule is CCC(=O)O[C@]1(C(=O)SCC(=O)OC)CCC2[C@@H]3CCC4=Cc5c(cnn5-c5ccc(F)cc5)C[C@]4(C)C3[C@@H](O)C[C@@]21C. The topological polar surface area (TPSA) is 108 Å². The van der Waals surface area contributed by atoms with E-state index in [4.69, 9.17) is 9.47 Å². The van der Waals surface area contributed by atoms with Gasteiger partial charge in [0, 0.05) is 11.8 Å². The van der Waals surface area contributed by atoms with Crippen LogP contribution in [0.3, 0.4) is 0 Å². The average Bonchev–Trinajstić information content (AvgIpc) is 3.52. The van der Waals surface area contributed by atoms with Gasteiger partial charge in [0.05, 0.1) is 36.5 Å². The number of esters is 2.